The average molecular weight is 395 g/mol. The molecule has 0 spiro atoms. The van der Waals surface area contributed by atoms with Crippen LogP contribution in [0.4, 0.5) is 0 Å². The quantitative estimate of drug-likeness (QED) is 0.490. The van der Waals surface area contributed by atoms with Gasteiger partial charge < -0.3 is 15.3 Å². The molecule has 0 radical (unpaired) electrons. The van der Waals surface area contributed by atoms with Gasteiger partial charge in [-0.05, 0) is 65.2 Å². The highest BCUT2D eigenvalue weighted by Crippen LogP contribution is 2.53. The molecule has 0 heterocycles. The summed E-state index contributed by atoms with van der Waals surface area (Å²) in [4.78, 5) is 0. The average Bonchev–Trinajstić information content (AvgIpc) is 2.61. The van der Waals surface area contributed by atoms with Gasteiger partial charge in [0.1, 0.15) is 17.2 Å². The molecule has 1 aromatic rings. The molecular weight excluding hydrogens is 360 g/mol. The van der Waals surface area contributed by atoms with Gasteiger partial charge in [-0.15, -0.1) is 0 Å². The number of phenols is 3. The zero-order valence-corrected chi connectivity index (χ0v) is 18.1. The van der Waals surface area contributed by atoms with Crippen molar-refractivity contribution in [1.29, 1.82) is 0 Å². The Balaban J connectivity index is 2.21. The largest absolute Gasteiger partial charge is 0.507 e. The monoisotopic (exact) mass is 394 g/mol. The molecule has 3 heteroatoms. The molecule has 0 fully saturated rings. The number of hydrogen-bond acceptors (Lipinski definition) is 3. The lowest BCUT2D eigenvalue weighted by Gasteiger charge is -2.34. The first-order valence-corrected chi connectivity index (χ1v) is 10.5. The Hall–Kier alpha value is -2.42. The van der Waals surface area contributed by atoms with E-state index >= 15 is 0 Å². The molecule has 3 N–H and O–H groups in total. The second-order valence-electron chi connectivity index (χ2n) is 9.15. The van der Waals surface area contributed by atoms with Crippen LogP contribution >= 0.6 is 0 Å². The highest BCUT2D eigenvalue weighted by molar-refractivity contribution is 5.61. The maximum absolute atomic E-state index is 11.4. The Morgan fingerprint density at radius 2 is 1.17 bits per heavy atom. The van der Waals surface area contributed by atoms with Crippen LogP contribution in [0.15, 0.2) is 53.7 Å². The summed E-state index contributed by atoms with van der Waals surface area (Å²) in [5.74, 6) is -0.132. The van der Waals surface area contributed by atoms with E-state index in [4.69, 9.17) is 0 Å². The van der Waals surface area contributed by atoms with Gasteiger partial charge in [0.25, 0.3) is 0 Å². The van der Waals surface area contributed by atoms with Crippen LogP contribution in [0.3, 0.4) is 0 Å². The summed E-state index contributed by atoms with van der Waals surface area (Å²) in [6.07, 6.45) is 8.13. The predicted molar refractivity (Wildman–Crippen MR) is 120 cm³/mol. The van der Waals surface area contributed by atoms with Crippen LogP contribution in [-0.2, 0) is 0 Å². The fraction of sp³-hybridized carbons (Fsp3) is 0.462. The molecule has 1 unspecified atom stereocenters. The van der Waals surface area contributed by atoms with Crippen molar-refractivity contribution in [2.75, 3.05) is 0 Å². The molecule has 3 nitrogen and oxygen atoms in total. The molecule has 0 aliphatic heterocycles. The lowest BCUT2D eigenvalue weighted by Crippen LogP contribution is -2.20. The highest BCUT2D eigenvalue weighted by Gasteiger charge is 2.35. The molecule has 0 amide bonds. The molecular formula is C26H34O3. The zero-order chi connectivity index (χ0) is 21.5. The molecule has 2 aliphatic rings. The maximum atomic E-state index is 11.4. The molecule has 4 atom stereocenters. The third kappa shape index (κ3) is 4.01. The van der Waals surface area contributed by atoms with Gasteiger partial charge in [-0.2, -0.15) is 0 Å². The van der Waals surface area contributed by atoms with Gasteiger partial charge in [0.2, 0.25) is 0 Å². The summed E-state index contributed by atoms with van der Waals surface area (Å²) >= 11 is 0. The van der Waals surface area contributed by atoms with Crippen molar-refractivity contribution in [2.45, 2.75) is 65.2 Å². The Bertz CT molecular complexity index is 833. The highest BCUT2D eigenvalue weighted by atomic mass is 16.3. The number of aromatic hydroxyl groups is 3. The lowest BCUT2D eigenvalue weighted by atomic mass is 9.70. The van der Waals surface area contributed by atoms with Crippen LogP contribution in [0.25, 0.3) is 0 Å². The van der Waals surface area contributed by atoms with Crippen LogP contribution in [0.2, 0.25) is 0 Å². The summed E-state index contributed by atoms with van der Waals surface area (Å²) in [5.41, 5.74) is 5.58. The minimum Gasteiger partial charge on any atom is -0.507 e. The third-order valence-electron chi connectivity index (χ3n) is 6.76. The van der Waals surface area contributed by atoms with E-state index < -0.39 is 0 Å². The molecule has 2 aliphatic carbocycles. The minimum absolute atomic E-state index is 0.00639. The molecule has 0 aromatic heterocycles. The van der Waals surface area contributed by atoms with Crippen molar-refractivity contribution < 1.29 is 15.3 Å². The normalized spacial score (nSPS) is 27.2. The van der Waals surface area contributed by atoms with E-state index in [1.54, 1.807) is 0 Å². The van der Waals surface area contributed by atoms with E-state index in [1.807, 2.05) is 13.8 Å². The first kappa shape index (κ1) is 21.3. The number of phenolic OH excluding ortho intramolecular Hbond substituents is 3. The Morgan fingerprint density at radius 3 is 1.52 bits per heavy atom. The summed E-state index contributed by atoms with van der Waals surface area (Å²) in [6.45, 7) is 16.5. The van der Waals surface area contributed by atoms with Crippen molar-refractivity contribution >= 4 is 0 Å². The van der Waals surface area contributed by atoms with Crippen molar-refractivity contribution in [3.05, 3.63) is 64.8 Å². The van der Waals surface area contributed by atoms with Crippen LogP contribution in [0.1, 0.15) is 76.3 Å². The van der Waals surface area contributed by atoms with E-state index in [9.17, 15) is 15.3 Å². The minimum atomic E-state index is -0.155. The molecule has 156 valence electrons. The van der Waals surface area contributed by atoms with Gasteiger partial charge in [-0.3, -0.25) is 0 Å². The third-order valence-corrected chi connectivity index (χ3v) is 6.76. The first-order valence-electron chi connectivity index (χ1n) is 10.5. The second-order valence-corrected chi connectivity index (χ2v) is 9.15. The van der Waals surface area contributed by atoms with Gasteiger partial charge in [0, 0.05) is 29.0 Å². The maximum Gasteiger partial charge on any atom is 0.130 e. The van der Waals surface area contributed by atoms with Crippen LogP contribution < -0.4 is 0 Å². The lowest BCUT2D eigenvalue weighted by molar-refractivity contribution is 0.377. The summed E-state index contributed by atoms with van der Waals surface area (Å²) in [6, 6.07) is 1.39. The molecule has 0 bridgehead atoms. The number of allylic oxidation sites excluding steroid dienone is 6. The van der Waals surface area contributed by atoms with Gasteiger partial charge in [-0.25, -0.2) is 0 Å². The van der Waals surface area contributed by atoms with Gasteiger partial charge in [-0.1, -0.05) is 47.6 Å². The van der Waals surface area contributed by atoms with E-state index in [2.05, 4.69) is 39.2 Å². The summed E-state index contributed by atoms with van der Waals surface area (Å²) < 4.78 is 0. The van der Waals surface area contributed by atoms with Crippen molar-refractivity contribution in [2.24, 2.45) is 11.8 Å². The number of rotatable bonds is 4. The molecule has 1 aromatic carbocycles. The summed E-state index contributed by atoms with van der Waals surface area (Å²) in [7, 11) is 0. The molecule has 0 saturated carbocycles. The van der Waals surface area contributed by atoms with Gasteiger partial charge in [0.05, 0.1) is 0 Å². The first-order chi connectivity index (χ1) is 13.6. The van der Waals surface area contributed by atoms with Crippen LogP contribution in [0.5, 0.6) is 17.2 Å². The van der Waals surface area contributed by atoms with E-state index in [0.717, 1.165) is 36.8 Å². The SMILES string of the molecule is C=C(C)[C@H]1CCC(C)=CC1c1c(O)cc(O)c([C@@H]2C=C(C)CC[C@H]2C(=C)C)c1O. The van der Waals surface area contributed by atoms with E-state index in [0.29, 0.717) is 11.1 Å². The van der Waals surface area contributed by atoms with Crippen molar-refractivity contribution in [1.82, 2.24) is 0 Å². The van der Waals surface area contributed by atoms with Crippen molar-refractivity contribution in [3.63, 3.8) is 0 Å². The molecule has 3 rings (SSSR count). The van der Waals surface area contributed by atoms with Gasteiger partial charge >= 0.3 is 0 Å². The fourth-order valence-corrected chi connectivity index (χ4v) is 5.14. The smallest absolute Gasteiger partial charge is 0.130 e. The van der Waals surface area contributed by atoms with E-state index in [-0.39, 0.29) is 40.9 Å². The topological polar surface area (TPSA) is 60.7 Å². The molecule has 29 heavy (non-hydrogen) atoms. The van der Waals surface area contributed by atoms with Gasteiger partial charge in [0.15, 0.2) is 0 Å². The number of hydrogen-bond donors (Lipinski definition) is 3. The van der Waals surface area contributed by atoms with Crippen LogP contribution in [0, 0.1) is 11.8 Å². The number of benzene rings is 1. The van der Waals surface area contributed by atoms with E-state index in [1.165, 1.54) is 17.2 Å². The Kier molecular flexibility index (Phi) is 5.97. The predicted octanol–water partition coefficient (Wildman–Crippen LogP) is 6.84. The van der Waals surface area contributed by atoms with Crippen LogP contribution in [-0.4, -0.2) is 15.3 Å². The standard InChI is InChI=1S/C26H34O3/c1-14(2)18-9-7-16(5)11-20(18)24-22(27)13-23(28)25(26(24)29)21-12-17(6)8-10-19(21)15(3)4/h11-13,18-21,27-29H,1,3,7-10H2,2,4-6H3/t18-,19+,20+,21?/m0/s1. The Morgan fingerprint density at radius 1 is 0.793 bits per heavy atom. The fourth-order valence-electron chi connectivity index (χ4n) is 5.14. The summed E-state index contributed by atoms with van der Waals surface area (Å²) in [5, 5.41) is 32.9. The van der Waals surface area contributed by atoms with Crippen molar-refractivity contribution in [3.8, 4) is 17.2 Å². The zero-order valence-electron chi connectivity index (χ0n) is 18.1. The second kappa shape index (κ2) is 8.14. The molecule has 0 saturated heterocycles. The Labute approximate surface area is 174 Å².